The van der Waals surface area contributed by atoms with Gasteiger partial charge in [0.25, 0.3) is 17.7 Å². The number of unbranched alkanes of at least 4 members (excludes halogenated alkanes) is 1. The maximum absolute atomic E-state index is 13.1. The monoisotopic (exact) mass is 501 g/mol. The summed E-state index contributed by atoms with van der Waals surface area (Å²) in [7, 11) is 0. The normalized spacial score (nSPS) is 13.4. The average molecular weight is 502 g/mol. The van der Waals surface area contributed by atoms with E-state index in [1.54, 1.807) is 30.3 Å². The molecule has 0 aromatic heterocycles. The van der Waals surface area contributed by atoms with Gasteiger partial charge in [-0.05, 0) is 74.2 Å². The number of nitrogens with one attached hydrogen (secondary N) is 2. The quantitative estimate of drug-likeness (QED) is 0.353. The van der Waals surface area contributed by atoms with Crippen LogP contribution in [-0.2, 0) is 16.0 Å². The molecule has 184 valence electrons. The molecular formula is C29H28ClN3O3. The molecule has 4 rings (SSSR count). The maximum atomic E-state index is 13.1. The number of carbonyl (C=O) groups excluding carboxylic acids is 3. The smallest absolute Gasteiger partial charge is 0.283 e. The lowest BCUT2D eigenvalue weighted by molar-refractivity contribution is -0.120. The second-order valence-corrected chi connectivity index (χ2v) is 9.26. The highest BCUT2D eigenvalue weighted by Gasteiger charge is 2.39. The zero-order chi connectivity index (χ0) is 25.8. The van der Waals surface area contributed by atoms with Crippen molar-refractivity contribution in [3.63, 3.8) is 0 Å². The molecule has 3 aromatic rings. The Balaban J connectivity index is 1.48. The lowest BCUT2D eigenvalue weighted by Gasteiger charge is -2.18. The number of carbonyl (C=O) groups is 3. The van der Waals surface area contributed by atoms with Crippen LogP contribution in [-0.4, -0.2) is 17.7 Å². The summed E-state index contributed by atoms with van der Waals surface area (Å²) in [6.07, 6.45) is 3.27. The summed E-state index contributed by atoms with van der Waals surface area (Å²) in [4.78, 5) is 39.9. The third-order valence-corrected chi connectivity index (χ3v) is 6.40. The third kappa shape index (κ3) is 5.34. The van der Waals surface area contributed by atoms with Crippen LogP contribution in [0.3, 0.4) is 0 Å². The number of rotatable bonds is 8. The minimum Gasteiger partial charge on any atom is -0.350 e. The van der Waals surface area contributed by atoms with Gasteiger partial charge in [0, 0.05) is 16.9 Å². The van der Waals surface area contributed by atoms with E-state index in [-0.39, 0.29) is 16.6 Å². The van der Waals surface area contributed by atoms with Crippen LogP contribution in [0.25, 0.3) is 0 Å². The van der Waals surface area contributed by atoms with Gasteiger partial charge in [-0.3, -0.25) is 14.4 Å². The van der Waals surface area contributed by atoms with Crippen molar-refractivity contribution in [1.82, 2.24) is 0 Å². The Morgan fingerprint density at radius 1 is 0.917 bits per heavy atom. The lowest BCUT2D eigenvalue weighted by atomic mass is 10.1. The van der Waals surface area contributed by atoms with Crippen molar-refractivity contribution < 1.29 is 14.4 Å². The number of anilines is 3. The van der Waals surface area contributed by atoms with Crippen molar-refractivity contribution in [3.8, 4) is 0 Å². The molecule has 0 fully saturated rings. The molecule has 1 aliphatic rings. The van der Waals surface area contributed by atoms with Crippen molar-refractivity contribution in [2.75, 3.05) is 15.5 Å². The Morgan fingerprint density at radius 2 is 1.67 bits per heavy atom. The van der Waals surface area contributed by atoms with Gasteiger partial charge in [-0.25, -0.2) is 4.90 Å². The number of hydrogen-bond acceptors (Lipinski definition) is 4. The van der Waals surface area contributed by atoms with Crippen molar-refractivity contribution in [2.45, 2.75) is 40.0 Å². The molecule has 0 saturated carbocycles. The average Bonchev–Trinajstić information content (AvgIpc) is 3.07. The van der Waals surface area contributed by atoms with Gasteiger partial charge in [0.15, 0.2) is 0 Å². The molecule has 0 bridgehead atoms. The number of hydrogen-bond donors (Lipinski definition) is 2. The molecule has 1 heterocycles. The summed E-state index contributed by atoms with van der Waals surface area (Å²) < 4.78 is 0. The first-order valence-corrected chi connectivity index (χ1v) is 12.3. The van der Waals surface area contributed by atoms with E-state index in [4.69, 9.17) is 11.6 Å². The van der Waals surface area contributed by atoms with Gasteiger partial charge in [0.1, 0.15) is 10.7 Å². The van der Waals surface area contributed by atoms with Crippen LogP contribution in [0.4, 0.5) is 17.1 Å². The second kappa shape index (κ2) is 10.8. The van der Waals surface area contributed by atoms with E-state index in [0.717, 1.165) is 35.3 Å². The fraction of sp³-hybridized carbons (Fsp3) is 0.207. The molecule has 0 radical (unpaired) electrons. The van der Waals surface area contributed by atoms with E-state index in [0.29, 0.717) is 22.6 Å². The van der Waals surface area contributed by atoms with Crippen LogP contribution in [0.15, 0.2) is 77.5 Å². The summed E-state index contributed by atoms with van der Waals surface area (Å²) in [5.74, 6) is -1.42. The van der Waals surface area contributed by atoms with E-state index in [1.807, 2.05) is 50.2 Å². The van der Waals surface area contributed by atoms with Gasteiger partial charge in [-0.2, -0.15) is 0 Å². The molecule has 3 aromatic carbocycles. The molecule has 0 spiro atoms. The van der Waals surface area contributed by atoms with Crippen LogP contribution >= 0.6 is 11.6 Å². The first kappa shape index (κ1) is 25.2. The van der Waals surface area contributed by atoms with E-state index in [1.165, 1.54) is 5.56 Å². The van der Waals surface area contributed by atoms with Crippen LogP contribution in [0.2, 0.25) is 0 Å². The second-order valence-electron chi connectivity index (χ2n) is 8.89. The minimum absolute atomic E-state index is 0.0260. The predicted octanol–water partition coefficient (Wildman–Crippen LogP) is 6.33. The van der Waals surface area contributed by atoms with E-state index in [2.05, 4.69) is 17.6 Å². The molecule has 7 heteroatoms. The molecule has 1 aliphatic heterocycles. The van der Waals surface area contributed by atoms with Gasteiger partial charge in [0.2, 0.25) is 0 Å². The Bertz CT molecular complexity index is 1360. The van der Waals surface area contributed by atoms with Gasteiger partial charge in [0.05, 0.1) is 5.69 Å². The maximum Gasteiger partial charge on any atom is 0.283 e. The van der Waals surface area contributed by atoms with Gasteiger partial charge in [-0.15, -0.1) is 0 Å². The predicted molar refractivity (Wildman–Crippen MR) is 144 cm³/mol. The van der Waals surface area contributed by atoms with E-state index >= 15 is 0 Å². The molecule has 0 aliphatic carbocycles. The molecule has 36 heavy (non-hydrogen) atoms. The van der Waals surface area contributed by atoms with Gasteiger partial charge >= 0.3 is 0 Å². The first-order chi connectivity index (χ1) is 17.3. The van der Waals surface area contributed by atoms with Crippen molar-refractivity contribution in [1.29, 1.82) is 0 Å². The van der Waals surface area contributed by atoms with Crippen LogP contribution in [0.1, 0.15) is 46.8 Å². The zero-order valence-corrected chi connectivity index (χ0v) is 21.3. The van der Waals surface area contributed by atoms with Crippen LogP contribution < -0.4 is 15.5 Å². The number of nitrogens with zero attached hydrogens (tertiary/aromatic N) is 1. The highest BCUT2D eigenvalue weighted by atomic mass is 35.5. The summed E-state index contributed by atoms with van der Waals surface area (Å²) in [6.45, 7) is 5.93. The third-order valence-electron chi connectivity index (χ3n) is 6.05. The molecule has 6 nitrogen and oxygen atoms in total. The first-order valence-electron chi connectivity index (χ1n) is 11.9. The van der Waals surface area contributed by atoms with Gasteiger partial charge in [-0.1, -0.05) is 60.8 Å². The number of amides is 3. The largest absolute Gasteiger partial charge is 0.350 e. The summed E-state index contributed by atoms with van der Waals surface area (Å²) >= 11 is 6.28. The fourth-order valence-electron chi connectivity index (χ4n) is 4.11. The number of benzene rings is 3. The highest BCUT2D eigenvalue weighted by Crippen LogP contribution is 2.32. The zero-order valence-electron chi connectivity index (χ0n) is 20.5. The summed E-state index contributed by atoms with van der Waals surface area (Å²) in [6, 6.07) is 20.0. The standard InChI is InChI=1S/C29H28ClN3O3/c1-4-5-7-20-11-13-22(14-12-20)32-27(34)21-8-6-9-23(17-21)31-26-25(30)28(35)33(29(26)36)24-15-10-18(2)16-19(24)3/h6,8-17,31H,4-5,7H2,1-3H3,(H,32,34). The molecule has 3 amide bonds. The number of imide groups is 1. The minimum atomic E-state index is -0.590. The lowest BCUT2D eigenvalue weighted by Crippen LogP contribution is -2.32. The summed E-state index contributed by atoms with van der Waals surface area (Å²) in [5.41, 5.74) is 5.07. The molecular weight excluding hydrogens is 474 g/mol. The van der Waals surface area contributed by atoms with E-state index < -0.39 is 11.8 Å². The molecule has 0 unspecified atom stereocenters. The number of aryl methyl sites for hydroxylation is 3. The highest BCUT2D eigenvalue weighted by molar-refractivity contribution is 6.53. The van der Waals surface area contributed by atoms with Crippen molar-refractivity contribution in [2.24, 2.45) is 0 Å². The number of halogens is 1. The molecule has 0 atom stereocenters. The van der Waals surface area contributed by atoms with Crippen LogP contribution in [0, 0.1) is 13.8 Å². The van der Waals surface area contributed by atoms with Gasteiger partial charge < -0.3 is 10.6 Å². The SMILES string of the molecule is CCCCc1ccc(NC(=O)c2cccc(NC3=C(Cl)C(=O)N(c4ccc(C)cc4C)C3=O)c2)cc1. The summed E-state index contributed by atoms with van der Waals surface area (Å²) in [5, 5.41) is 5.64. The van der Waals surface area contributed by atoms with Crippen molar-refractivity contribution in [3.05, 3.63) is 99.7 Å². The topological polar surface area (TPSA) is 78.5 Å². The van der Waals surface area contributed by atoms with Crippen molar-refractivity contribution >= 4 is 46.4 Å². The van der Waals surface area contributed by atoms with Crippen LogP contribution in [0.5, 0.6) is 0 Å². The Kier molecular flexibility index (Phi) is 7.55. The Hall–Kier alpha value is -3.90. The fourth-order valence-corrected chi connectivity index (χ4v) is 4.32. The molecule has 2 N–H and O–H groups in total. The van der Waals surface area contributed by atoms with E-state index in [9.17, 15) is 14.4 Å². The molecule has 0 saturated heterocycles. The Labute approximate surface area is 216 Å². The Morgan fingerprint density at radius 3 is 2.36 bits per heavy atom.